The minimum Gasteiger partial charge on any atom is -0.486 e. The zero-order chi connectivity index (χ0) is 14.5. The molecular weight excluding hydrogens is 260 g/mol. The summed E-state index contributed by atoms with van der Waals surface area (Å²) in [5, 5.41) is 13.1. The summed E-state index contributed by atoms with van der Waals surface area (Å²) in [4.78, 5) is 15.1. The maximum Gasteiger partial charge on any atom is 0.337 e. The molecule has 0 aliphatic heterocycles. The molecule has 1 heterocycles. The maximum atomic E-state index is 11.0. The van der Waals surface area contributed by atoms with Crippen LogP contribution in [0, 0.1) is 0 Å². The number of carbonyl (C=O) groups is 1. The van der Waals surface area contributed by atoms with Gasteiger partial charge >= 0.3 is 5.97 Å². The Hall–Kier alpha value is -2.57. The number of anilines is 1. The van der Waals surface area contributed by atoms with Crippen LogP contribution in [0.1, 0.15) is 29.5 Å². The van der Waals surface area contributed by atoms with E-state index in [0.717, 1.165) is 13.0 Å². The van der Waals surface area contributed by atoms with Crippen molar-refractivity contribution in [3.63, 3.8) is 0 Å². The van der Waals surface area contributed by atoms with Crippen LogP contribution in [0.3, 0.4) is 0 Å². The minimum atomic E-state index is -1.08. The Balaban J connectivity index is 2.09. The molecule has 0 unspecified atom stereocenters. The van der Waals surface area contributed by atoms with Gasteiger partial charge < -0.3 is 15.6 Å². The number of nitrogens with two attached hydrogens (primary N) is 1. The van der Waals surface area contributed by atoms with Crippen molar-refractivity contribution in [2.75, 3.05) is 5.73 Å². The van der Waals surface area contributed by atoms with Crippen LogP contribution in [0.4, 0.5) is 5.69 Å². The van der Waals surface area contributed by atoms with Gasteiger partial charge in [0.2, 0.25) is 0 Å². The molecule has 0 spiro atoms. The molecular formula is C13H16N4O3. The number of hydrogen-bond acceptors (Lipinski definition) is 5. The second-order valence-corrected chi connectivity index (χ2v) is 4.24. The molecule has 1 aromatic heterocycles. The van der Waals surface area contributed by atoms with E-state index in [2.05, 4.69) is 10.1 Å². The zero-order valence-corrected chi connectivity index (χ0v) is 11.1. The molecule has 2 rings (SSSR count). The van der Waals surface area contributed by atoms with E-state index in [1.54, 1.807) is 10.7 Å². The molecule has 0 saturated carbocycles. The van der Waals surface area contributed by atoms with Gasteiger partial charge in [-0.15, -0.1) is 0 Å². The summed E-state index contributed by atoms with van der Waals surface area (Å²) in [5.41, 5.74) is 5.81. The minimum absolute atomic E-state index is 0.0255. The number of rotatable bonds is 6. The average Bonchev–Trinajstić information content (AvgIpc) is 2.85. The molecule has 0 bridgehead atoms. The summed E-state index contributed by atoms with van der Waals surface area (Å²) >= 11 is 0. The lowest BCUT2D eigenvalue weighted by molar-refractivity contribution is 0.0697. The molecule has 0 amide bonds. The van der Waals surface area contributed by atoms with Gasteiger partial charge in [-0.1, -0.05) is 6.92 Å². The van der Waals surface area contributed by atoms with Gasteiger partial charge in [0.1, 0.15) is 18.7 Å². The number of ether oxygens (including phenoxy) is 1. The van der Waals surface area contributed by atoms with Gasteiger partial charge in [0.05, 0.1) is 5.56 Å². The number of hydrogen-bond donors (Lipinski definition) is 2. The lowest BCUT2D eigenvalue weighted by Gasteiger charge is -2.09. The molecule has 0 fully saturated rings. The van der Waals surface area contributed by atoms with Crippen molar-refractivity contribution in [1.29, 1.82) is 0 Å². The van der Waals surface area contributed by atoms with E-state index in [1.165, 1.54) is 18.5 Å². The van der Waals surface area contributed by atoms with Gasteiger partial charge in [0, 0.05) is 12.2 Å². The SMILES string of the molecule is CCCn1ncnc1COc1ccc(N)c(C(=O)O)c1. The fourth-order valence-electron chi connectivity index (χ4n) is 1.76. The Morgan fingerprint density at radius 2 is 2.30 bits per heavy atom. The summed E-state index contributed by atoms with van der Waals surface area (Å²) in [6.45, 7) is 3.04. The van der Waals surface area contributed by atoms with Gasteiger partial charge in [-0.25, -0.2) is 14.5 Å². The predicted molar refractivity (Wildman–Crippen MR) is 72.5 cm³/mol. The number of carboxylic acid groups (broad SMARTS) is 1. The highest BCUT2D eigenvalue weighted by Crippen LogP contribution is 2.20. The molecule has 0 aliphatic carbocycles. The molecule has 7 heteroatoms. The first-order valence-corrected chi connectivity index (χ1v) is 6.24. The number of nitrogen functional groups attached to an aromatic ring is 1. The van der Waals surface area contributed by atoms with E-state index in [0.29, 0.717) is 11.6 Å². The lowest BCUT2D eigenvalue weighted by Crippen LogP contribution is -2.09. The largest absolute Gasteiger partial charge is 0.486 e. The molecule has 7 nitrogen and oxygen atoms in total. The third-order valence-corrected chi connectivity index (χ3v) is 2.75. The van der Waals surface area contributed by atoms with Crippen molar-refractivity contribution in [2.45, 2.75) is 26.5 Å². The summed E-state index contributed by atoms with van der Waals surface area (Å²) in [6, 6.07) is 4.54. The second kappa shape index (κ2) is 6.05. The lowest BCUT2D eigenvalue weighted by atomic mass is 10.2. The number of nitrogens with zero attached hydrogens (tertiary/aromatic N) is 3. The van der Waals surface area contributed by atoms with E-state index in [9.17, 15) is 4.79 Å². The smallest absolute Gasteiger partial charge is 0.337 e. The second-order valence-electron chi connectivity index (χ2n) is 4.24. The molecule has 1 aromatic carbocycles. The van der Waals surface area contributed by atoms with Crippen LogP contribution in [-0.4, -0.2) is 25.8 Å². The summed E-state index contributed by atoms with van der Waals surface area (Å²) in [6.07, 6.45) is 2.42. The standard InChI is InChI=1S/C13H16N4O3/c1-2-5-17-12(15-8-16-17)7-20-9-3-4-11(14)10(6-9)13(18)19/h3-4,6,8H,2,5,7,14H2,1H3,(H,18,19). The first-order valence-electron chi connectivity index (χ1n) is 6.24. The third kappa shape index (κ3) is 3.05. The Labute approximate surface area is 116 Å². The van der Waals surface area contributed by atoms with Crippen LogP contribution in [0.15, 0.2) is 24.5 Å². The van der Waals surface area contributed by atoms with Crippen molar-refractivity contribution in [3.8, 4) is 5.75 Å². The number of aromatic carboxylic acids is 1. The Kier molecular flexibility index (Phi) is 4.19. The number of aryl methyl sites for hydroxylation is 1. The molecule has 0 saturated heterocycles. The van der Waals surface area contributed by atoms with Crippen LogP contribution < -0.4 is 10.5 Å². The monoisotopic (exact) mass is 276 g/mol. The molecule has 2 aromatic rings. The van der Waals surface area contributed by atoms with E-state index in [-0.39, 0.29) is 17.9 Å². The molecule has 20 heavy (non-hydrogen) atoms. The van der Waals surface area contributed by atoms with Crippen molar-refractivity contribution in [1.82, 2.24) is 14.8 Å². The average molecular weight is 276 g/mol. The Morgan fingerprint density at radius 3 is 3.00 bits per heavy atom. The van der Waals surface area contributed by atoms with Crippen molar-refractivity contribution >= 4 is 11.7 Å². The van der Waals surface area contributed by atoms with Crippen LogP contribution in [-0.2, 0) is 13.2 Å². The van der Waals surface area contributed by atoms with Crippen LogP contribution in [0.25, 0.3) is 0 Å². The van der Waals surface area contributed by atoms with Gasteiger partial charge in [0.25, 0.3) is 0 Å². The fraction of sp³-hybridized carbons (Fsp3) is 0.308. The number of benzene rings is 1. The normalized spacial score (nSPS) is 10.4. The van der Waals surface area contributed by atoms with Crippen molar-refractivity contribution in [3.05, 3.63) is 35.9 Å². The van der Waals surface area contributed by atoms with E-state index >= 15 is 0 Å². The van der Waals surface area contributed by atoms with Crippen molar-refractivity contribution in [2.24, 2.45) is 0 Å². The predicted octanol–water partition coefficient (Wildman–Crippen LogP) is 1.55. The molecule has 0 radical (unpaired) electrons. The molecule has 106 valence electrons. The zero-order valence-electron chi connectivity index (χ0n) is 11.1. The fourth-order valence-corrected chi connectivity index (χ4v) is 1.76. The highest BCUT2D eigenvalue weighted by atomic mass is 16.5. The number of carboxylic acids is 1. The quantitative estimate of drug-likeness (QED) is 0.776. The number of aromatic nitrogens is 3. The van der Waals surface area contributed by atoms with Crippen molar-refractivity contribution < 1.29 is 14.6 Å². The first-order chi connectivity index (χ1) is 9.61. The van der Waals surface area contributed by atoms with E-state index in [4.69, 9.17) is 15.6 Å². The molecule has 0 atom stereocenters. The van der Waals surface area contributed by atoms with Crippen LogP contribution >= 0.6 is 0 Å². The van der Waals surface area contributed by atoms with Gasteiger partial charge in [-0.3, -0.25) is 0 Å². The van der Waals surface area contributed by atoms with Gasteiger partial charge in [-0.05, 0) is 24.6 Å². The highest BCUT2D eigenvalue weighted by Gasteiger charge is 2.10. The van der Waals surface area contributed by atoms with Gasteiger partial charge in [-0.2, -0.15) is 5.10 Å². The Morgan fingerprint density at radius 1 is 1.50 bits per heavy atom. The maximum absolute atomic E-state index is 11.0. The summed E-state index contributed by atoms with van der Waals surface area (Å²) in [7, 11) is 0. The topological polar surface area (TPSA) is 103 Å². The Bertz CT molecular complexity index is 609. The first kappa shape index (κ1) is 13.9. The molecule has 0 aliphatic rings. The van der Waals surface area contributed by atoms with Gasteiger partial charge in [0.15, 0.2) is 5.82 Å². The summed E-state index contributed by atoms with van der Waals surface area (Å²) < 4.78 is 7.30. The van der Waals surface area contributed by atoms with Crippen LogP contribution in [0.5, 0.6) is 5.75 Å². The van der Waals surface area contributed by atoms with E-state index < -0.39 is 5.97 Å². The van der Waals surface area contributed by atoms with Crippen LogP contribution in [0.2, 0.25) is 0 Å². The highest BCUT2D eigenvalue weighted by molar-refractivity contribution is 5.94. The van der Waals surface area contributed by atoms with E-state index in [1.807, 2.05) is 6.92 Å². The molecule has 3 N–H and O–H groups in total. The third-order valence-electron chi connectivity index (χ3n) is 2.75. The summed E-state index contributed by atoms with van der Waals surface area (Å²) in [5.74, 6) is 0.0466.